The first-order valence-electron chi connectivity index (χ1n) is 10.2. The van der Waals surface area contributed by atoms with Crippen molar-refractivity contribution in [1.29, 1.82) is 0 Å². The van der Waals surface area contributed by atoms with Crippen LogP contribution in [-0.2, 0) is 0 Å². The highest BCUT2D eigenvalue weighted by Crippen LogP contribution is 2.33. The van der Waals surface area contributed by atoms with Crippen LogP contribution in [0.2, 0.25) is 5.02 Å². The van der Waals surface area contributed by atoms with E-state index in [9.17, 15) is 4.79 Å². The lowest BCUT2D eigenvalue weighted by atomic mass is 10.0. The van der Waals surface area contributed by atoms with Crippen LogP contribution in [0.3, 0.4) is 0 Å². The van der Waals surface area contributed by atoms with Gasteiger partial charge in [0.15, 0.2) is 0 Å². The van der Waals surface area contributed by atoms with Gasteiger partial charge in [-0.1, -0.05) is 47.1 Å². The van der Waals surface area contributed by atoms with Crippen molar-refractivity contribution in [2.75, 3.05) is 5.88 Å². The molecule has 5 rings (SSSR count). The number of alkyl halides is 1. The molecular formula is C24H18Cl2N6O. The number of primary amides is 1. The number of hydrogen-bond donors (Lipinski definition) is 1. The van der Waals surface area contributed by atoms with Gasteiger partial charge >= 0.3 is 0 Å². The van der Waals surface area contributed by atoms with Crippen LogP contribution in [0.25, 0.3) is 28.3 Å². The molecule has 0 saturated heterocycles. The molecule has 1 unspecified atom stereocenters. The van der Waals surface area contributed by atoms with E-state index in [2.05, 4.69) is 10.3 Å². The highest BCUT2D eigenvalue weighted by Gasteiger charge is 2.21. The minimum atomic E-state index is -0.497. The molecule has 1 atom stereocenters. The summed E-state index contributed by atoms with van der Waals surface area (Å²) in [4.78, 5) is 16.4. The Bertz CT molecular complexity index is 1460. The number of nitrogens with two attached hydrogens (primary N) is 1. The van der Waals surface area contributed by atoms with Crippen LogP contribution in [0.4, 0.5) is 0 Å². The Hall–Kier alpha value is -3.68. The molecule has 3 aromatic heterocycles. The van der Waals surface area contributed by atoms with Gasteiger partial charge in [-0.25, -0.2) is 9.67 Å². The van der Waals surface area contributed by atoms with E-state index in [-0.39, 0.29) is 11.9 Å². The SMILES string of the molecule is NC(=O)c1cccc(C(CCl)n2cc(-c3c(-c4ccc(Cl)cc4)nc4ccccn34)nn2)c1. The Morgan fingerprint density at radius 2 is 1.88 bits per heavy atom. The molecule has 0 aliphatic heterocycles. The van der Waals surface area contributed by atoms with Gasteiger partial charge in [0.2, 0.25) is 5.91 Å². The van der Waals surface area contributed by atoms with Gasteiger partial charge in [0, 0.05) is 28.2 Å². The summed E-state index contributed by atoms with van der Waals surface area (Å²) in [7, 11) is 0. The van der Waals surface area contributed by atoms with Crippen LogP contribution in [0.5, 0.6) is 0 Å². The molecule has 3 heterocycles. The highest BCUT2D eigenvalue weighted by molar-refractivity contribution is 6.30. The molecular weight excluding hydrogens is 459 g/mol. The smallest absolute Gasteiger partial charge is 0.248 e. The molecule has 0 aliphatic rings. The maximum absolute atomic E-state index is 11.6. The van der Waals surface area contributed by atoms with Gasteiger partial charge in [-0.3, -0.25) is 9.20 Å². The van der Waals surface area contributed by atoms with Crippen molar-refractivity contribution >= 4 is 34.8 Å². The normalized spacial score (nSPS) is 12.2. The van der Waals surface area contributed by atoms with Gasteiger partial charge in [0.1, 0.15) is 17.0 Å². The number of carbonyl (C=O) groups excluding carboxylic acids is 1. The fourth-order valence-electron chi connectivity index (χ4n) is 3.80. The number of rotatable bonds is 6. The van der Waals surface area contributed by atoms with Crippen LogP contribution in [0.15, 0.2) is 79.1 Å². The van der Waals surface area contributed by atoms with E-state index < -0.39 is 5.91 Å². The summed E-state index contributed by atoms with van der Waals surface area (Å²) in [6.07, 6.45) is 3.77. The Morgan fingerprint density at radius 3 is 2.64 bits per heavy atom. The molecule has 0 saturated carbocycles. The summed E-state index contributed by atoms with van der Waals surface area (Å²) in [5.41, 5.74) is 10.6. The molecule has 2 N–H and O–H groups in total. The van der Waals surface area contributed by atoms with E-state index in [0.29, 0.717) is 16.3 Å². The van der Waals surface area contributed by atoms with Crippen molar-refractivity contribution in [3.63, 3.8) is 0 Å². The molecule has 7 nitrogen and oxygen atoms in total. The first kappa shape index (κ1) is 21.2. The van der Waals surface area contributed by atoms with Gasteiger partial charge in [-0.2, -0.15) is 0 Å². The van der Waals surface area contributed by atoms with Crippen LogP contribution in [0, 0.1) is 0 Å². The highest BCUT2D eigenvalue weighted by atomic mass is 35.5. The minimum absolute atomic E-state index is 0.238. The van der Waals surface area contributed by atoms with Crippen molar-refractivity contribution in [1.82, 2.24) is 24.4 Å². The van der Waals surface area contributed by atoms with Crippen molar-refractivity contribution in [2.45, 2.75) is 6.04 Å². The second kappa shape index (κ2) is 8.69. The third-order valence-corrected chi connectivity index (χ3v) is 5.97. The van der Waals surface area contributed by atoms with E-state index in [1.807, 2.05) is 65.3 Å². The fraction of sp³-hybridized carbons (Fsp3) is 0.0833. The fourth-order valence-corrected chi connectivity index (χ4v) is 4.24. The lowest BCUT2D eigenvalue weighted by Crippen LogP contribution is -2.16. The number of hydrogen-bond acceptors (Lipinski definition) is 4. The van der Waals surface area contributed by atoms with E-state index in [1.165, 1.54) is 0 Å². The quantitative estimate of drug-likeness (QED) is 0.355. The number of nitrogens with zero attached hydrogens (tertiary/aromatic N) is 5. The molecule has 0 radical (unpaired) electrons. The summed E-state index contributed by atoms with van der Waals surface area (Å²) in [6, 6.07) is 20.0. The number of aromatic nitrogens is 5. The average Bonchev–Trinajstić information content (AvgIpc) is 3.45. The molecule has 33 heavy (non-hydrogen) atoms. The van der Waals surface area contributed by atoms with Gasteiger partial charge in [0.05, 0.1) is 17.9 Å². The number of fused-ring (bicyclic) bond motifs is 1. The predicted molar refractivity (Wildman–Crippen MR) is 128 cm³/mol. The van der Waals surface area contributed by atoms with Crippen LogP contribution < -0.4 is 5.73 Å². The number of pyridine rings is 1. The molecule has 9 heteroatoms. The molecule has 1 amide bonds. The molecule has 0 bridgehead atoms. The van der Waals surface area contributed by atoms with Crippen molar-refractivity contribution < 1.29 is 4.79 Å². The largest absolute Gasteiger partial charge is 0.366 e. The zero-order valence-electron chi connectivity index (χ0n) is 17.3. The van der Waals surface area contributed by atoms with Crippen molar-refractivity contribution in [2.24, 2.45) is 5.73 Å². The predicted octanol–water partition coefficient (Wildman–Crippen LogP) is 4.84. The maximum Gasteiger partial charge on any atom is 0.248 e. The molecule has 0 aliphatic carbocycles. The van der Waals surface area contributed by atoms with Crippen LogP contribution in [-0.4, -0.2) is 36.2 Å². The second-order valence-electron chi connectivity index (χ2n) is 7.49. The summed E-state index contributed by atoms with van der Waals surface area (Å²) in [5.74, 6) is -0.259. The Kier molecular flexibility index (Phi) is 5.58. The number of imidazole rings is 1. The monoisotopic (exact) mass is 476 g/mol. The Morgan fingerprint density at radius 1 is 1.06 bits per heavy atom. The van der Waals surface area contributed by atoms with Gasteiger partial charge < -0.3 is 5.73 Å². The molecule has 0 spiro atoms. The molecule has 5 aromatic rings. The standard InChI is InChI=1S/C24H18Cl2N6O/c25-13-20(16-4-3-5-17(12-16)24(27)33)32-14-19(29-30-32)23-22(15-7-9-18(26)10-8-15)28-21-6-1-2-11-31(21)23/h1-12,14,20H,13H2,(H2,27,33). The Balaban J connectivity index is 1.62. The molecule has 0 fully saturated rings. The number of amides is 1. The summed E-state index contributed by atoms with van der Waals surface area (Å²) in [5, 5.41) is 9.45. The van der Waals surface area contributed by atoms with Crippen molar-refractivity contribution in [3.8, 4) is 22.6 Å². The van der Waals surface area contributed by atoms with E-state index in [4.69, 9.17) is 33.9 Å². The number of carbonyl (C=O) groups is 1. The first-order valence-corrected chi connectivity index (χ1v) is 11.1. The number of benzene rings is 2. The van der Waals surface area contributed by atoms with E-state index >= 15 is 0 Å². The zero-order chi connectivity index (χ0) is 22.9. The second-order valence-corrected chi connectivity index (χ2v) is 8.23. The zero-order valence-corrected chi connectivity index (χ0v) is 18.8. The van der Waals surface area contributed by atoms with E-state index in [1.54, 1.807) is 22.9 Å². The third kappa shape index (κ3) is 3.97. The minimum Gasteiger partial charge on any atom is -0.366 e. The lowest BCUT2D eigenvalue weighted by molar-refractivity contribution is 0.1000. The maximum atomic E-state index is 11.6. The number of halogens is 2. The van der Waals surface area contributed by atoms with Gasteiger partial charge in [0.25, 0.3) is 0 Å². The topological polar surface area (TPSA) is 91.1 Å². The molecule has 2 aromatic carbocycles. The van der Waals surface area contributed by atoms with Crippen LogP contribution >= 0.6 is 23.2 Å². The first-order chi connectivity index (χ1) is 16.0. The van der Waals surface area contributed by atoms with Gasteiger partial charge in [-0.05, 0) is 42.0 Å². The molecule has 164 valence electrons. The summed E-state index contributed by atoms with van der Waals surface area (Å²) >= 11 is 12.4. The third-order valence-electron chi connectivity index (χ3n) is 5.42. The summed E-state index contributed by atoms with van der Waals surface area (Å²) < 4.78 is 3.66. The van der Waals surface area contributed by atoms with Crippen molar-refractivity contribution in [3.05, 3.63) is 95.3 Å². The summed E-state index contributed by atoms with van der Waals surface area (Å²) in [6.45, 7) is 0. The lowest BCUT2D eigenvalue weighted by Gasteiger charge is -2.14. The van der Waals surface area contributed by atoms with Crippen LogP contribution in [0.1, 0.15) is 22.0 Å². The Labute approximate surface area is 199 Å². The average molecular weight is 477 g/mol. The van der Waals surface area contributed by atoms with E-state index in [0.717, 1.165) is 28.2 Å². The van der Waals surface area contributed by atoms with Gasteiger partial charge in [-0.15, -0.1) is 16.7 Å².